The van der Waals surface area contributed by atoms with Gasteiger partial charge in [0.1, 0.15) is 5.82 Å². The number of benzene rings is 2. The van der Waals surface area contributed by atoms with Crippen molar-refractivity contribution in [3.8, 4) is 0 Å². The molecule has 0 aliphatic rings. The molecule has 0 bridgehead atoms. The lowest BCUT2D eigenvalue weighted by Crippen LogP contribution is -2.19. The molecule has 4 heteroatoms. The van der Waals surface area contributed by atoms with Crippen LogP contribution in [0, 0.1) is 11.7 Å². The molecule has 0 aromatic heterocycles. The summed E-state index contributed by atoms with van der Waals surface area (Å²) in [5.74, 6) is 0.0839. The van der Waals surface area contributed by atoms with Crippen LogP contribution in [0.15, 0.2) is 46.9 Å². The molecule has 1 unspecified atom stereocenters. The molecule has 0 amide bonds. The summed E-state index contributed by atoms with van der Waals surface area (Å²) in [6.07, 6.45) is 1.71. The van der Waals surface area contributed by atoms with Crippen LogP contribution in [0.4, 0.5) is 4.39 Å². The van der Waals surface area contributed by atoms with Crippen molar-refractivity contribution in [3.05, 3.63) is 68.9 Å². The first-order valence-electron chi connectivity index (χ1n) is 6.47. The van der Waals surface area contributed by atoms with Crippen LogP contribution in [0.25, 0.3) is 0 Å². The van der Waals surface area contributed by atoms with Crippen molar-refractivity contribution in [2.24, 2.45) is 11.7 Å². The standard InChI is InChI=1S/C16H16BrClFN/c17-16-9-15(19)6-3-13(16)8-12(10-20)7-11-1-4-14(18)5-2-11/h1-6,9,12H,7-8,10,20H2. The zero-order chi connectivity index (χ0) is 14.5. The van der Waals surface area contributed by atoms with Crippen molar-refractivity contribution >= 4 is 27.5 Å². The normalized spacial score (nSPS) is 12.4. The molecule has 0 aliphatic heterocycles. The van der Waals surface area contributed by atoms with E-state index in [-0.39, 0.29) is 5.82 Å². The molecular formula is C16H16BrClFN. The Bertz CT molecular complexity index is 571. The third-order valence-electron chi connectivity index (χ3n) is 3.29. The third-order valence-corrected chi connectivity index (χ3v) is 4.28. The fourth-order valence-corrected chi connectivity index (χ4v) is 2.83. The lowest BCUT2D eigenvalue weighted by molar-refractivity contribution is 0.531. The average molecular weight is 357 g/mol. The highest BCUT2D eigenvalue weighted by Crippen LogP contribution is 2.23. The SMILES string of the molecule is NCC(Cc1ccc(Cl)cc1)Cc1ccc(F)cc1Br. The minimum atomic E-state index is -0.234. The Hall–Kier alpha value is -0.900. The Morgan fingerprint density at radius 1 is 1.10 bits per heavy atom. The molecule has 2 aromatic carbocycles. The maximum atomic E-state index is 13.1. The molecule has 0 radical (unpaired) electrons. The smallest absolute Gasteiger partial charge is 0.124 e. The van der Waals surface area contributed by atoms with Crippen LogP contribution in [-0.4, -0.2) is 6.54 Å². The minimum absolute atomic E-state index is 0.234. The summed E-state index contributed by atoms with van der Waals surface area (Å²) in [6.45, 7) is 0.590. The monoisotopic (exact) mass is 355 g/mol. The lowest BCUT2D eigenvalue weighted by atomic mass is 9.92. The lowest BCUT2D eigenvalue weighted by Gasteiger charge is -2.16. The van der Waals surface area contributed by atoms with Gasteiger partial charge in [0, 0.05) is 9.50 Å². The van der Waals surface area contributed by atoms with E-state index in [1.54, 1.807) is 0 Å². The van der Waals surface area contributed by atoms with Crippen molar-refractivity contribution in [2.75, 3.05) is 6.54 Å². The topological polar surface area (TPSA) is 26.0 Å². The van der Waals surface area contributed by atoms with Gasteiger partial charge in [-0.1, -0.05) is 45.7 Å². The van der Waals surface area contributed by atoms with Crippen LogP contribution in [0.1, 0.15) is 11.1 Å². The summed E-state index contributed by atoms with van der Waals surface area (Å²) in [6, 6.07) is 12.6. The molecule has 0 saturated heterocycles. The second-order valence-corrected chi connectivity index (χ2v) is 6.16. The summed E-state index contributed by atoms with van der Waals surface area (Å²) in [5.41, 5.74) is 8.15. The summed E-state index contributed by atoms with van der Waals surface area (Å²) < 4.78 is 13.9. The van der Waals surface area contributed by atoms with Crippen LogP contribution >= 0.6 is 27.5 Å². The van der Waals surface area contributed by atoms with Crippen LogP contribution < -0.4 is 5.73 Å². The van der Waals surface area contributed by atoms with E-state index in [1.165, 1.54) is 17.7 Å². The summed E-state index contributed by atoms with van der Waals surface area (Å²) >= 11 is 9.28. The minimum Gasteiger partial charge on any atom is -0.330 e. The second-order valence-electron chi connectivity index (χ2n) is 4.87. The number of halogens is 3. The predicted molar refractivity (Wildman–Crippen MR) is 85.5 cm³/mol. The fourth-order valence-electron chi connectivity index (χ4n) is 2.19. The quantitative estimate of drug-likeness (QED) is 0.832. The predicted octanol–water partition coefficient (Wildman–Crippen LogP) is 4.60. The van der Waals surface area contributed by atoms with Crippen LogP contribution in [-0.2, 0) is 12.8 Å². The Balaban J connectivity index is 2.07. The van der Waals surface area contributed by atoms with Gasteiger partial charge in [0.15, 0.2) is 0 Å². The molecule has 2 rings (SSSR count). The van der Waals surface area contributed by atoms with E-state index in [0.29, 0.717) is 12.5 Å². The number of hydrogen-bond donors (Lipinski definition) is 1. The zero-order valence-corrected chi connectivity index (χ0v) is 13.3. The Morgan fingerprint density at radius 2 is 1.80 bits per heavy atom. The molecular weight excluding hydrogens is 341 g/mol. The molecule has 1 atom stereocenters. The third kappa shape index (κ3) is 4.30. The number of hydrogen-bond acceptors (Lipinski definition) is 1. The fraction of sp³-hybridized carbons (Fsp3) is 0.250. The molecule has 20 heavy (non-hydrogen) atoms. The average Bonchev–Trinajstić information content (AvgIpc) is 2.43. The maximum Gasteiger partial charge on any atom is 0.124 e. The second kappa shape index (κ2) is 7.21. The van der Waals surface area contributed by atoms with Crippen molar-refractivity contribution in [1.82, 2.24) is 0 Å². The van der Waals surface area contributed by atoms with Crippen LogP contribution in [0.2, 0.25) is 5.02 Å². The van der Waals surface area contributed by atoms with Gasteiger partial charge in [0.2, 0.25) is 0 Å². The van der Waals surface area contributed by atoms with E-state index in [9.17, 15) is 4.39 Å². The van der Waals surface area contributed by atoms with Gasteiger partial charge in [-0.3, -0.25) is 0 Å². The Morgan fingerprint density at radius 3 is 2.40 bits per heavy atom. The van der Waals surface area contributed by atoms with Crippen molar-refractivity contribution in [1.29, 1.82) is 0 Å². The van der Waals surface area contributed by atoms with Gasteiger partial charge in [-0.15, -0.1) is 0 Å². The van der Waals surface area contributed by atoms with E-state index in [4.69, 9.17) is 17.3 Å². The molecule has 0 saturated carbocycles. The van der Waals surface area contributed by atoms with E-state index < -0.39 is 0 Å². The highest BCUT2D eigenvalue weighted by molar-refractivity contribution is 9.10. The van der Waals surface area contributed by atoms with Crippen molar-refractivity contribution in [2.45, 2.75) is 12.8 Å². The van der Waals surface area contributed by atoms with Gasteiger partial charge in [-0.2, -0.15) is 0 Å². The van der Waals surface area contributed by atoms with Gasteiger partial charge in [0.25, 0.3) is 0 Å². The molecule has 2 N–H and O–H groups in total. The summed E-state index contributed by atoms with van der Waals surface area (Å²) in [7, 11) is 0. The highest BCUT2D eigenvalue weighted by Gasteiger charge is 2.11. The molecule has 2 aromatic rings. The van der Waals surface area contributed by atoms with Crippen LogP contribution in [0.5, 0.6) is 0 Å². The molecule has 1 nitrogen and oxygen atoms in total. The highest BCUT2D eigenvalue weighted by atomic mass is 79.9. The maximum absolute atomic E-state index is 13.1. The molecule has 0 fully saturated rings. The van der Waals surface area contributed by atoms with E-state index in [1.807, 2.05) is 30.3 Å². The van der Waals surface area contributed by atoms with E-state index in [2.05, 4.69) is 15.9 Å². The molecule has 0 aliphatic carbocycles. The summed E-state index contributed by atoms with van der Waals surface area (Å²) in [5, 5.41) is 0.735. The Labute approximate surface area is 132 Å². The molecule has 106 valence electrons. The first-order valence-corrected chi connectivity index (χ1v) is 7.64. The number of nitrogens with two attached hydrogens (primary N) is 1. The van der Waals surface area contributed by atoms with Crippen LogP contribution in [0.3, 0.4) is 0 Å². The van der Waals surface area contributed by atoms with E-state index in [0.717, 1.165) is 27.9 Å². The number of rotatable bonds is 5. The van der Waals surface area contributed by atoms with Gasteiger partial charge in [-0.05, 0) is 60.7 Å². The first kappa shape index (κ1) is 15.5. The van der Waals surface area contributed by atoms with Gasteiger partial charge < -0.3 is 5.73 Å². The van der Waals surface area contributed by atoms with Crippen molar-refractivity contribution < 1.29 is 4.39 Å². The Kier molecular flexibility index (Phi) is 5.58. The van der Waals surface area contributed by atoms with Gasteiger partial charge in [-0.25, -0.2) is 4.39 Å². The summed E-state index contributed by atoms with van der Waals surface area (Å²) in [4.78, 5) is 0. The van der Waals surface area contributed by atoms with E-state index >= 15 is 0 Å². The van der Waals surface area contributed by atoms with Gasteiger partial charge in [0.05, 0.1) is 0 Å². The molecule has 0 spiro atoms. The van der Waals surface area contributed by atoms with Gasteiger partial charge >= 0.3 is 0 Å². The van der Waals surface area contributed by atoms with Crippen molar-refractivity contribution in [3.63, 3.8) is 0 Å². The first-order chi connectivity index (χ1) is 9.58. The zero-order valence-electron chi connectivity index (χ0n) is 11.0. The largest absolute Gasteiger partial charge is 0.330 e. The molecule has 0 heterocycles.